The topological polar surface area (TPSA) is 97.6 Å². The van der Waals surface area contributed by atoms with E-state index in [4.69, 9.17) is 9.26 Å². The molecule has 0 aliphatic carbocycles. The summed E-state index contributed by atoms with van der Waals surface area (Å²) >= 11 is 1.55. The second-order valence-corrected chi connectivity index (χ2v) is 7.00. The molecule has 0 spiro atoms. The van der Waals surface area contributed by atoms with Crippen LogP contribution in [0.5, 0.6) is 5.75 Å². The summed E-state index contributed by atoms with van der Waals surface area (Å²) in [6.07, 6.45) is -0.252. The highest BCUT2D eigenvalue weighted by Gasteiger charge is 2.33. The number of rotatable bonds is 5. The molecular weight excluding hydrogens is 380 g/mol. The Labute approximate surface area is 165 Å². The van der Waals surface area contributed by atoms with Crippen molar-refractivity contribution in [2.75, 3.05) is 18.5 Å². The number of likely N-dealkylation sites (N-methyl/N-ethyl adjacent to an activating group) is 1. The minimum atomic E-state index is -0.752. The lowest BCUT2D eigenvalue weighted by Crippen LogP contribution is -2.50. The molecule has 1 aromatic carbocycles. The van der Waals surface area contributed by atoms with Gasteiger partial charge in [-0.15, -0.1) is 0 Å². The molecule has 0 unspecified atom stereocenters. The van der Waals surface area contributed by atoms with Crippen LogP contribution in [0.15, 0.2) is 45.6 Å². The van der Waals surface area contributed by atoms with Crippen molar-refractivity contribution in [3.63, 3.8) is 0 Å². The van der Waals surface area contributed by atoms with Gasteiger partial charge in [0.2, 0.25) is 17.6 Å². The van der Waals surface area contributed by atoms with Crippen molar-refractivity contribution >= 4 is 28.8 Å². The Morgan fingerprint density at radius 1 is 1.32 bits per heavy atom. The molecule has 2 amide bonds. The lowest BCUT2D eigenvalue weighted by Gasteiger charge is -2.34. The van der Waals surface area contributed by atoms with Gasteiger partial charge in [0.25, 0.3) is 5.91 Å². The van der Waals surface area contributed by atoms with Gasteiger partial charge in [0.15, 0.2) is 6.10 Å². The Morgan fingerprint density at radius 3 is 2.96 bits per heavy atom. The third-order valence-electron chi connectivity index (χ3n) is 4.41. The fourth-order valence-electron chi connectivity index (χ4n) is 2.98. The molecule has 1 aliphatic rings. The van der Waals surface area contributed by atoms with Gasteiger partial charge < -0.3 is 19.5 Å². The van der Waals surface area contributed by atoms with Crippen molar-refractivity contribution in [1.82, 2.24) is 15.5 Å². The third-order valence-corrected chi connectivity index (χ3v) is 5.10. The maximum atomic E-state index is 12.9. The number of benzene rings is 1. The Balaban J connectivity index is 1.47. The minimum Gasteiger partial charge on any atom is -0.477 e. The Bertz CT molecular complexity index is 986. The van der Waals surface area contributed by atoms with E-state index in [1.807, 2.05) is 22.9 Å². The van der Waals surface area contributed by atoms with Gasteiger partial charge in [0.1, 0.15) is 5.75 Å². The Morgan fingerprint density at radius 2 is 2.18 bits per heavy atom. The zero-order chi connectivity index (χ0) is 19.5. The smallest absolute Gasteiger partial charge is 0.262 e. The van der Waals surface area contributed by atoms with Crippen LogP contribution in [-0.4, -0.2) is 41.7 Å². The molecule has 0 radical (unpaired) electrons. The lowest BCUT2D eigenvalue weighted by molar-refractivity contribution is -0.127. The van der Waals surface area contributed by atoms with Crippen molar-refractivity contribution in [3.05, 3.63) is 47.0 Å². The first-order valence-corrected chi connectivity index (χ1v) is 9.73. The summed E-state index contributed by atoms with van der Waals surface area (Å²) in [7, 11) is 1.54. The van der Waals surface area contributed by atoms with Crippen LogP contribution in [0.1, 0.15) is 12.3 Å². The molecule has 3 aromatic rings. The molecule has 8 nitrogen and oxygen atoms in total. The first-order chi connectivity index (χ1) is 13.7. The number of amides is 2. The largest absolute Gasteiger partial charge is 0.477 e. The SMILES string of the molecule is CNC(=O)[C@@H]1CN(C(=O)CCc2nc(-c3ccsc3)no2)c2ccccc2O1. The molecular formula is C19H18N4O4S. The summed E-state index contributed by atoms with van der Waals surface area (Å²) in [5.41, 5.74) is 1.54. The quantitative estimate of drug-likeness (QED) is 0.708. The normalized spacial score (nSPS) is 15.6. The fraction of sp³-hybridized carbons (Fsp3) is 0.263. The van der Waals surface area contributed by atoms with Crippen molar-refractivity contribution < 1.29 is 18.8 Å². The van der Waals surface area contributed by atoms with E-state index in [1.54, 1.807) is 41.5 Å². The summed E-state index contributed by atoms with van der Waals surface area (Å²) in [4.78, 5) is 30.8. The van der Waals surface area contributed by atoms with Crippen molar-refractivity contribution in [1.29, 1.82) is 0 Å². The number of aromatic nitrogens is 2. The first-order valence-electron chi connectivity index (χ1n) is 8.78. The fourth-order valence-corrected chi connectivity index (χ4v) is 3.62. The summed E-state index contributed by atoms with van der Waals surface area (Å²) in [6.45, 7) is 0.152. The van der Waals surface area contributed by atoms with E-state index >= 15 is 0 Å². The number of aryl methyl sites for hydroxylation is 1. The Hall–Kier alpha value is -3.20. The van der Waals surface area contributed by atoms with E-state index in [1.165, 1.54) is 0 Å². The van der Waals surface area contributed by atoms with Gasteiger partial charge in [0.05, 0.1) is 12.2 Å². The summed E-state index contributed by atoms with van der Waals surface area (Å²) < 4.78 is 11.0. The number of para-hydroxylation sites is 2. The molecule has 1 atom stereocenters. The number of nitrogens with zero attached hydrogens (tertiary/aromatic N) is 3. The van der Waals surface area contributed by atoms with E-state index in [0.29, 0.717) is 29.6 Å². The monoisotopic (exact) mass is 398 g/mol. The van der Waals surface area contributed by atoms with Crippen molar-refractivity contribution in [3.8, 4) is 17.1 Å². The van der Waals surface area contributed by atoms with Gasteiger partial charge in [-0.2, -0.15) is 16.3 Å². The van der Waals surface area contributed by atoms with E-state index in [0.717, 1.165) is 5.56 Å². The van der Waals surface area contributed by atoms with Gasteiger partial charge >= 0.3 is 0 Å². The van der Waals surface area contributed by atoms with E-state index in [2.05, 4.69) is 15.5 Å². The number of ether oxygens (including phenoxy) is 1. The predicted molar refractivity (Wildman–Crippen MR) is 103 cm³/mol. The molecule has 2 aromatic heterocycles. The molecule has 0 saturated heterocycles. The van der Waals surface area contributed by atoms with Crippen LogP contribution >= 0.6 is 11.3 Å². The standard InChI is InChI=1S/C19H18N4O4S/c1-20-19(25)15-10-23(13-4-2-3-5-14(13)26-15)17(24)7-6-16-21-18(22-27-16)12-8-9-28-11-12/h2-5,8-9,11,15H,6-7,10H2,1H3,(H,20,25)/t15-/m0/s1. The number of thiophene rings is 1. The molecule has 144 valence electrons. The van der Waals surface area contributed by atoms with Crippen molar-refractivity contribution in [2.45, 2.75) is 18.9 Å². The highest BCUT2D eigenvalue weighted by atomic mass is 32.1. The summed E-state index contributed by atoms with van der Waals surface area (Å²) in [6, 6.07) is 9.09. The van der Waals surface area contributed by atoms with E-state index in [-0.39, 0.29) is 24.8 Å². The predicted octanol–water partition coefficient (Wildman–Crippen LogP) is 2.27. The van der Waals surface area contributed by atoms with Crippen LogP contribution in [0.25, 0.3) is 11.4 Å². The second kappa shape index (κ2) is 7.81. The van der Waals surface area contributed by atoms with Gasteiger partial charge in [-0.25, -0.2) is 0 Å². The van der Waals surface area contributed by atoms with Gasteiger partial charge in [-0.3, -0.25) is 9.59 Å². The van der Waals surface area contributed by atoms with Crippen molar-refractivity contribution in [2.24, 2.45) is 0 Å². The molecule has 4 rings (SSSR count). The number of fused-ring (bicyclic) bond motifs is 1. The van der Waals surface area contributed by atoms with E-state index in [9.17, 15) is 9.59 Å². The van der Waals surface area contributed by atoms with Crippen LogP contribution in [-0.2, 0) is 16.0 Å². The molecule has 3 heterocycles. The maximum absolute atomic E-state index is 12.9. The summed E-state index contributed by atoms with van der Waals surface area (Å²) in [5, 5.41) is 10.4. The second-order valence-electron chi connectivity index (χ2n) is 6.22. The average Bonchev–Trinajstić information content (AvgIpc) is 3.42. The zero-order valence-electron chi connectivity index (χ0n) is 15.1. The third kappa shape index (κ3) is 3.61. The maximum Gasteiger partial charge on any atom is 0.262 e. The Kier molecular flexibility index (Phi) is 5.07. The van der Waals surface area contributed by atoms with Crippen LogP contribution in [0.3, 0.4) is 0 Å². The molecule has 0 bridgehead atoms. The highest BCUT2D eigenvalue weighted by molar-refractivity contribution is 7.08. The van der Waals surface area contributed by atoms with Crippen LogP contribution in [0.2, 0.25) is 0 Å². The van der Waals surface area contributed by atoms with Gasteiger partial charge in [0, 0.05) is 30.8 Å². The summed E-state index contributed by atoms with van der Waals surface area (Å²) in [5.74, 6) is 1.01. The molecule has 9 heteroatoms. The van der Waals surface area contributed by atoms with Crippen LogP contribution < -0.4 is 15.0 Å². The number of hydrogen-bond donors (Lipinski definition) is 1. The molecule has 0 saturated carbocycles. The molecule has 1 aliphatic heterocycles. The van der Waals surface area contributed by atoms with Gasteiger partial charge in [-0.05, 0) is 23.6 Å². The highest BCUT2D eigenvalue weighted by Crippen LogP contribution is 2.33. The molecule has 28 heavy (non-hydrogen) atoms. The lowest BCUT2D eigenvalue weighted by atomic mass is 10.1. The molecule has 1 N–H and O–H groups in total. The number of nitrogens with one attached hydrogen (secondary N) is 1. The first kappa shape index (κ1) is 18.2. The number of anilines is 1. The number of hydrogen-bond acceptors (Lipinski definition) is 7. The number of carbonyl (C=O) groups is 2. The minimum absolute atomic E-state index is 0.139. The van der Waals surface area contributed by atoms with Gasteiger partial charge in [-0.1, -0.05) is 17.3 Å². The number of carbonyl (C=O) groups excluding carboxylic acids is 2. The average molecular weight is 398 g/mol. The van der Waals surface area contributed by atoms with Crippen LogP contribution in [0, 0.1) is 0 Å². The molecule has 0 fully saturated rings. The van der Waals surface area contributed by atoms with E-state index < -0.39 is 6.10 Å². The van der Waals surface area contributed by atoms with Crippen LogP contribution in [0.4, 0.5) is 5.69 Å². The zero-order valence-corrected chi connectivity index (χ0v) is 15.9.